The molecule has 160 valence electrons. The number of hydrogen-bond donors (Lipinski definition) is 2. The van der Waals surface area contributed by atoms with E-state index in [9.17, 15) is 4.79 Å². The van der Waals surface area contributed by atoms with E-state index in [4.69, 9.17) is 9.15 Å². The minimum Gasteiger partial charge on any atom is -0.495 e. The summed E-state index contributed by atoms with van der Waals surface area (Å²) in [5.74, 6) is 0.771. The molecule has 2 aliphatic heterocycles. The molecule has 7 heteroatoms. The van der Waals surface area contributed by atoms with Gasteiger partial charge in [0, 0.05) is 30.2 Å². The van der Waals surface area contributed by atoms with E-state index in [-0.39, 0.29) is 11.1 Å². The van der Waals surface area contributed by atoms with Crippen molar-refractivity contribution in [2.24, 2.45) is 0 Å². The first-order chi connectivity index (χ1) is 15.2. The highest BCUT2D eigenvalue weighted by Crippen LogP contribution is 2.32. The van der Waals surface area contributed by atoms with Crippen molar-refractivity contribution in [2.45, 2.75) is 24.8 Å². The summed E-state index contributed by atoms with van der Waals surface area (Å²) in [6.45, 7) is 2.12. The molecule has 5 rings (SSSR count). The standard InChI is InChI=1S/C24H25N3O3S/c1-29-21-8-4-3-7-19(21)25-24-26-20(15-31-24)18-13-16-9-10-17(14-22(16)30-23(18)28)27-11-5-2-6-12-27/h3-4,7-10,13-15,24-26H,2,5-6,11-12H2,1H3. The van der Waals surface area contributed by atoms with Crippen LogP contribution in [0.25, 0.3) is 16.7 Å². The van der Waals surface area contributed by atoms with Crippen molar-refractivity contribution < 1.29 is 9.15 Å². The van der Waals surface area contributed by atoms with Gasteiger partial charge < -0.3 is 24.7 Å². The SMILES string of the molecule is COc1ccccc1NC1NC(c2cc3ccc(N4CCCCC4)cc3oc2=O)=CS1. The molecule has 1 unspecified atom stereocenters. The van der Waals surface area contributed by atoms with E-state index in [1.165, 1.54) is 19.3 Å². The lowest BCUT2D eigenvalue weighted by molar-refractivity contribution is 0.416. The maximum absolute atomic E-state index is 12.8. The van der Waals surface area contributed by atoms with Crippen LogP contribution in [0.3, 0.4) is 0 Å². The lowest BCUT2D eigenvalue weighted by atomic mass is 10.1. The molecular formula is C24H25N3O3S. The van der Waals surface area contributed by atoms with Crippen LogP contribution >= 0.6 is 11.8 Å². The number of para-hydroxylation sites is 2. The Bertz CT molecular complexity index is 1180. The molecule has 0 radical (unpaired) electrons. The molecule has 1 aromatic heterocycles. The van der Waals surface area contributed by atoms with E-state index in [0.29, 0.717) is 11.1 Å². The number of ether oxygens (including phenoxy) is 1. The number of methoxy groups -OCH3 is 1. The van der Waals surface area contributed by atoms with Gasteiger partial charge in [0.15, 0.2) is 0 Å². The molecule has 1 atom stereocenters. The van der Waals surface area contributed by atoms with Crippen LogP contribution in [0, 0.1) is 0 Å². The van der Waals surface area contributed by atoms with Crippen molar-refractivity contribution in [1.82, 2.24) is 5.32 Å². The average Bonchev–Trinajstić information content (AvgIpc) is 3.27. The fourth-order valence-electron chi connectivity index (χ4n) is 4.10. The second kappa shape index (κ2) is 8.59. The van der Waals surface area contributed by atoms with Crippen molar-refractivity contribution in [2.75, 3.05) is 30.4 Å². The van der Waals surface area contributed by atoms with Crippen LogP contribution in [0.4, 0.5) is 11.4 Å². The number of nitrogens with one attached hydrogen (secondary N) is 2. The Labute approximate surface area is 185 Å². The van der Waals surface area contributed by atoms with Gasteiger partial charge in [-0.3, -0.25) is 0 Å². The van der Waals surface area contributed by atoms with Crippen LogP contribution in [0.15, 0.2) is 63.2 Å². The van der Waals surface area contributed by atoms with Crippen LogP contribution in [0.1, 0.15) is 24.8 Å². The quantitative estimate of drug-likeness (QED) is 0.557. The number of fused-ring (bicyclic) bond motifs is 1. The minimum absolute atomic E-state index is 0.108. The summed E-state index contributed by atoms with van der Waals surface area (Å²) in [4.78, 5) is 15.1. The molecule has 2 aliphatic rings. The maximum Gasteiger partial charge on any atom is 0.345 e. The Hall–Kier alpha value is -3.06. The Morgan fingerprint density at radius 2 is 1.97 bits per heavy atom. The lowest BCUT2D eigenvalue weighted by Gasteiger charge is -2.28. The fourth-order valence-corrected chi connectivity index (χ4v) is 4.96. The number of anilines is 2. The zero-order valence-electron chi connectivity index (χ0n) is 17.4. The van der Waals surface area contributed by atoms with Gasteiger partial charge >= 0.3 is 5.63 Å². The van der Waals surface area contributed by atoms with Gasteiger partial charge in [-0.15, -0.1) is 0 Å². The van der Waals surface area contributed by atoms with Gasteiger partial charge in [0.2, 0.25) is 0 Å². The summed E-state index contributed by atoms with van der Waals surface area (Å²) < 4.78 is 11.1. The van der Waals surface area contributed by atoms with Crippen molar-refractivity contribution in [1.29, 1.82) is 0 Å². The third-order valence-corrected chi connectivity index (χ3v) is 6.61. The highest BCUT2D eigenvalue weighted by atomic mass is 32.2. The lowest BCUT2D eigenvalue weighted by Crippen LogP contribution is -2.29. The predicted octanol–water partition coefficient (Wildman–Crippen LogP) is 4.82. The minimum atomic E-state index is -0.333. The number of thioether (sulfide) groups is 1. The molecule has 1 fully saturated rings. The number of piperidine rings is 1. The molecule has 3 aromatic rings. The normalized spacial score (nSPS) is 18.5. The Kier molecular flexibility index (Phi) is 5.51. The Morgan fingerprint density at radius 1 is 1.13 bits per heavy atom. The second-order valence-electron chi connectivity index (χ2n) is 7.75. The topological polar surface area (TPSA) is 66.7 Å². The molecule has 0 amide bonds. The first kappa shape index (κ1) is 19.9. The zero-order chi connectivity index (χ0) is 21.2. The predicted molar refractivity (Wildman–Crippen MR) is 128 cm³/mol. The molecule has 0 aliphatic carbocycles. The van der Waals surface area contributed by atoms with Crippen molar-refractivity contribution in [3.05, 3.63) is 69.9 Å². The van der Waals surface area contributed by atoms with E-state index < -0.39 is 0 Å². The highest BCUT2D eigenvalue weighted by molar-refractivity contribution is 8.03. The van der Waals surface area contributed by atoms with E-state index in [0.717, 1.165) is 41.3 Å². The van der Waals surface area contributed by atoms with Gasteiger partial charge in [0.25, 0.3) is 0 Å². The first-order valence-corrected chi connectivity index (χ1v) is 11.5. The summed E-state index contributed by atoms with van der Waals surface area (Å²) in [6, 6.07) is 15.8. The molecule has 6 nitrogen and oxygen atoms in total. The molecule has 2 N–H and O–H groups in total. The summed E-state index contributed by atoms with van der Waals surface area (Å²) in [5, 5.41) is 9.63. The van der Waals surface area contributed by atoms with Gasteiger partial charge in [-0.05, 0) is 55.0 Å². The van der Waals surface area contributed by atoms with Crippen LogP contribution < -0.4 is 25.9 Å². The monoisotopic (exact) mass is 435 g/mol. The molecule has 31 heavy (non-hydrogen) atoms. The van der Waals surface area contributed by atoms with E-state index in [2.05, 4.69) is 21.6 Å². The summed E-state index contributed by atoms with van der Waals surface area (Å²) >= 11 is 1.57. The molecule has 2 aromatic carbocycles. The number of benzene rings is 2. The number of rotatable bonds is 5. The summed E-state index contributed by atoms with van der Waals surface area (Å²) in [5.41, 5.74) is 3.50. The smallest absolute Gasteiger partial charge is 0.345 e. The maximum atomic E-state index is 12.8. The van der Waals surface area contributed by atoms with Crippen molar-refractivity contribution >= 4 is 39.8 Å². The first-order valence-electron chi connectivity index (χ1n) is 10.6. The van der Waals surface area contributed by atoms with Crippen molar-refractivity contribution in [3.63, 3.8) is 0 Å². The van der Waals surface area contributed by atoms with Crippen LogP contribution in [0.2, 0.25) is 0 Å². The van der Waals surface area contributed by atoms with E-state index in [1.54, 1.807) is 18.9 Å². The highest BCUT2D eigenvalue weighted by Gasteiger charge is 2.22. The molecular weight excluding hydrogens is 410 g/mol. The second-order valence-corrected chi connectivity index (χ2v) is 8.73. The molecule has 3 heterocycles. The third-order valence-electron chi connectivity index (χ3n) is 5.73. The van der Waals surface area contributed by atoms with Gasteiger partial charge in [-0.1, -0.05) is 23.9 Å². The summed E-state index contributed by atoms with van der Waals surface area (Å²) in [7, 11) is 1.65. The van der Waals surface area contributed by atoms with Crippen molar-refractivity contribution in [3.8, 4) is 5.75 Å². The zero-order valence-corrected chi connectivity index (χ0v) is 18.2. The van der Waals surface area contributed by atoms with Gasteiger partial charge in [0.1, 0.15) is 16.8 Å². The number of hydrogen-bond acceptors (Lipinski definition) is 7. The van der Waals surface area contributed by atoms with Crippen LogP contribution in [-0.2, 0) is 0 Å². The average molecular weight is 436 g/mol. The van der Waals surface area contributed by atoms with Gasteiger partial charge in [-0.25, -0.2) is 4.79 Å². The van der Waals surface area contributed by atoms with Crippen LogP contribution in [-0.4, -0.2) is 25.7 Å². The fraction of sp³-hybridized carbons (Fsp3) is 0.292. The summed E-state index contributed by atoms with van der Waals surface area (Å²) in [6.07, 6.45) is 3.71. The molecule has 0 saturated carbocycles. The molecule has 0 spiro atoms. The third kappa shape index (κ3) is 4.10. The van der Waals surface area contributed by atoms with Crippen LogP contribution in [0.5, 0.6) is 5.75 Å². The van der Waals surface area contributed by atoms with Gasteiger partial charge in [-0.2, -0.15) is 0 Å². The largest absolute Gasteiger partial charge is 0.495 e. The Morgan fingerprint density at radius 3 is 2.81 bits per heavy atom. The number of nitrogens with zero attached hydrogens (tertiary/aromatic N) is 1. The Balaban J connectivity index is 1.35. The molecule has 0 bridgehead atoms. The molecule has 1 saturated heterocycles. The van der Waals surface area contributed by atoms with Gasteiger partial charge in [0.05, 0.1) is 24.1 Å². The van der Waals surface area contributed by atoms with E-state index >= 15 is 0 Å². The van der Waals surface area contributed by atoms with E-state index in [1.807, 2.05) is 47.9 Å².